The Bertz CT molecular complexity index is 207. The van der Waals surface area contributed by atoms with Gasteiger partial charge in [-0.1, -0.05) is 6.92 Å². The molecular formula is C7H12N2O. The average molecular weight is 140 g/mol. The van der Waals surface area contributed by atoms with Gasteiger partial charge in [0.25, 0.3) is 0 Å². The van der Waals surface area contributed by atoms with Crippen molar-refractivity contribution in [3.8, 4) is 0 Å². The van der Waals surface area contributed by atoms with Gasteiger partial charge in [0.2, 0.25) is 0 Å². The van der Waals surface area contributed by atoms with Crippen LogP contribution in [0.3, 0.4) is 0 Å². The number of aromatic nitrogens is 1. The Morgan fingerprint density at radius 3 is 2.90 bits per heavy atom. The van der Waals surface area contributed by atoms with Crippen molar-refractivity contribution in [3.05, 3.63) is 17.8 Å². The lowest BCUT2D eigenvalue weighted by Crippen LogP contribution is -2.07. The van der Waals surface area contributed by atoms with Gasteiger partial charge in [-0.15, -0.1) is 0 Å². The van der Waals surface area contributed by atoms with Gasteiger partial charge in [-0.05, 0) is 0 Å². The molecule has 1 heterocycles. The molecule has 1 rings (SSSR count). The van der Waals surface area contributed by atoms with Gasteiger partial charge in [0.05, 0.1) is 6.20 Å². The molecule has 0 amide bonds. The van der Waals surface area contributed by atoms with Crippen LogP contribution in [0.4, 0.5) is 0 Å². The highest BCUT2D eigenvalue weighted by atomic mass is 16.4. The van der Waals surface area contributed by atoms with Crippen molar-refractivity contribution >= 4 is 0 Å². The summed E-state index contributed by atoms with van der Waals surface area (Å²) in [6.45, 7) is 4.45. The topological polar surface area (TPSA) is 52.0 Å². The Hall–Kier alpha value is -0.830. The van der Waals surface area contributed by atoms with Crippen molar-refractivity contribution < 1.29 is 4.42 Å². The van der Waals surface area contributed by atoms with E-state index in [1.807, 2.05) is 13.8 Å². The van der Waals surface area contributed by atoms with Gasteiger partial charge >= 0.3 is 0 Å². The van der Waals surface area contributed by atoms with Crippen molar-refractivity contribution in [1.29, 1.82) is 0 Å². The Labute approximate surface area is 60.2 Å². The van der Waals surface area contributed by atoms with E-state index in [4.69, 9.17) is 10.2 Å². The zero-order chi connectivity index (χ0) is 7.56. The molecule has 1 atom stereocenters. The van der Waals surface area contributed by atoms with Crippen molar-refractivity contribution in [2.75, 3.05) is 6.54 Å². The van der Waals surface area contributed by atoms with Gasteiger partial charge in [-0.2, -0.15) is 0 Å². The highest BCUT2D eigenvalue weighted by Crippen LogP contribution is 2.13. The molecule has 0 aromatic carbocycles. The fourth-order valence-electron chi connectivity index (χ4n) is 0.722. The van der Waals surface area contributed by atoms with Gasteiger partial charge in [0.1, 0.15) is 5.76 Å². The fourth-order valence-corrected chi connectivity index (χ4v) is 0.722. The zero-order valence-corrected chi connectivity index (χ0v) is 6.29. The van der Waals surface area contributed by atoms with E-state index < -0.39 is 0 Å². The number of hydrogen-bond donors (Lipinski definition) is 1. The summed E-state index contributed by atoms with van der Waals surface area (Å²) in [7, 11) is 0. The van der Waals surface area contributed by atoms with Crippen molar-refractivity contribution in [3.63, 3.8) is 0 Å². The normalized spacial score (nSPS) is 13.5. The summed E-state index contributed by atoms with van der Waals surface area (Å²) in [6.07, 6.45) is 1.73. The maximum Gasteiger partial charge on any atom is 0.191 e. The first-order valence-electron chi connectivity index (χ1n) is 3.36. The van der Waals surface area contributed by atoms with E-state index in [9.17, 15) is 0 Å². The molecule has 1 unspecified atom stereocenters. The number of oxazole rings is 1. The molecule has 3 nitrogen and oxygen atoms in total. The molecule has 0 saturated heterocycles. The van der Waals surface area contributed by atoms with E-state index in [2.05, 4.69) is 4.98 Å². The highest BCUT2D eigenvalue weighted by molar-refractivity contribution is 4.99. The summed E-state index contributed by atoms with van der Waals surface area (Å²) < 4.78 is 5.25. The summed E-state index contributed by atoms with van der Waals surface area (Å²) in [5, 5.41) is 0. The predicted molar refractivity (Wildman–Crippen MR) is 38.7 cm³/mol. The molecule has 56 valence electrons. The number of rotatable bonds is 2. The van der Waals surface area contributed by atoms with Crippen LogP contribution in [0.15, 0.2) is 10.6 Å². The lowest BCUT2D eigenvalue weighted by atomic mass is 10.1. The van der Waals surface area contributed by atoms with Crippen LogP contribution in [-0.2, 0) is 0 Å². The molecule has 3 heteroatoms. The molecule has 0 aliphatic rings. The quantitative estimate of drug-likeness (QED) is 0.667. The minimum Gasteiger partial charge on any atom is -0.446 e. The minimum atomic E-state index is 0.279. The third-order valence-corrected chi connectivity index (χ3v) is 1.48. The molecule has 10 heavy (non-hydrogen) atoms. The third-order valence-electron chi connectivity index (χ3n) is 1.48. The first-order valence-corrected chi connectivity index (χ1v) is 3.36. The van der Waals surface area contributed by atoms with E-state index in [0.29, 0.717) is 12.4 Å². The number of aryl methyl sites for hydroxylation is 1. The van der Waals surface area contributed by atoms with Crippen LogP contribution in [0.5, 0.6) is 0 Å². The molecular weight excluding hydrogens is 128 g/mol. The Balaban J connectivity index is 2.74. The van der Waals surface area contributed by atoms with Crippen LogP contribution in [0.25, 0.3) is 0 Å². The largest absolute Gasteiger partial charge is 0.446 e. The lowest BCUT2D eigenvalue weighted by Gasteiger charge is -2.00. The molecule has 0 saturated carbocycles. The van der Waals surface area contributed by atoms with Crippen LogP contribution in [0.2, 0.25) is 0 Å². The van der Waals surface area contributed by atoms with Gasteiger partial charge in [0, 0.05) is 19.4 Å². The molecule has 2 N–H and O–H groups in total. The summed E-state index contributed by atoms with van der Waals surface area (Å²) >= 11 is 0. The molecule has 0 bridgehead atoms. The second-order valence-corrected chi connectivity index (χ2v) is 2.42. The van der Waals surface area contributed by atoms with Gasteiger partial charge in [0.15, 0.2) is 5.89 Å². The molecule has 0 aliphatic carbocycles. The van der Waals surface area contributed by atoms with E-state index in [0.717, 1.165) is 5.76 Å². The number of hydrogen-bond acceptors (Lipinski definition) is 3. The van der Waals surface area contributed by atoms with Gasteiger partial charge in [-0.25, -0.2) is 4.98 Å². The van der Waals surface area contributed by atoms with Crippen molar-refractivity contribution in [2.45, 2.75) is 19.8 Å². The fraction of sp³-hybridized carbons (Fsp3) is 0.571. The van der Waals surface area contributed by atoms with Crippen LogP contribution in [0.1, 0.15) is 24.5 Å². The first kappa shape index (κ1) is 7.28. The van der Waals surface area contributed by atoms with E-state index in [1.165, 1.54) is 0 Å². The second kappa shape index (κ2) is 2.84. The first-order chi connectivity index (χ1) is 4.74. The second-order valence-electron chi connectivity index (χ2n) is 2.42. The molecule has 1 aromatic heterocycles. The van der Waals surface area contributed by atoms with Crippen molar-refractivity contribution in [2.24, 2.45) is 5.73 Å². The predicted octanol–water partition coefficient (Wildman–Crippen LogP) is 1.05. The minimum absolute atomic E-state index is 0.279. The number of nitrogens with two attached hydrogens (primary N) is 1. The lowest BCUT2D eigenvalue weighted by molar-refractivity contribution is 0.449. The molecule has 0 spiro atoms. The Kier molecular flexibility index (Phi) is 2.06. The van der Waals surface area contributed by atoms with Crippen LogP contribution in [0, 0.1) is 6.92 Å². The maximum absolute atomic E-state index is 5.43. The zero-order valence-electron chi connectivity index (χ0n) is 6.29. The van der Waals surface area contributed by atoms with Gasteiger partial charge in [-0.3, -0.25) is 0 Å². The standard InChI is InChI=1S/C7H12N2O/c1-5(3-8)7-4-9-6(2)10-7/h4-5H,3,8H2,1-2H3. The van der Waals surface area contributed by atoms with Crippen LogP contribution >= 0.6 is 0 Å². The molecule has 0 aliphatic heterocycles. The SMILES string of the molecule is Cc1ncc(C(C)CN)o1. The Morgan fingerprint density at radius 2 is 2.50 bits per heavy atom. The van der Waals surface area contributed by atoms with Crippen LogP contribution < -0.4 is 5.73 Å². The highest BCUT2D eigenvalue weighted by Gasteiger charge is 2.06. The molecule has 1 aromatic rings. The number of nitrogens with zero attached hydrogens (tertiary/aromatic N) is 1. The summed E-state index contributed by atoms with van der Waals surface area (Å²) in [5.41, 5.74) is 5.43. The van der Waals surface area contributed by atoms with E-state index in [1.54, 1.807) is 6.20 Å². The average Bonchev–Trinajstić information content (AvgIpc) is 2.34. The van der Waals surface area contributed by atoms with Crippen molar-refractivity contribution in [1.82, 2.24) is 4.98 Å². The summed E-state index contributed by atoms with van der Waals surface area (Å²) in [4.78, 5) is 3.96. The summed E-state index contributed by atoms with van der Waals surface area (Å²) in [5.74, 6) is 1.86. The van der Waals surface area contributed by atoms with Gasteiger partial charge < -0.3 is 10.2 Å². The maximum atomic E-state index is 5.43. The van der Waals surface area contributed by atoms with E-state index in [-0.39, 0.29) is 5.92 Å². The van der Waals surface area contributed by atoms with Crippen LogP contribution in [-0.4, -0.2) is 11.5 Å². The molecule has 0 radical (unpaired) electrons. The summed E-state index contributed by atoms with van der Waals surface area (Å²) in [6, 6.07) is 0. The third kappa shape index (κ3) is 1.36. The van der Waals surface area contributed by atoms with E-state index >= 15 is 0 Å². The smallest absolute Gasteiger partial charge is 0.191 e. The molecule has 0 fully saturated rings. The Morgan fingerprint density at radius 1 is 1.80 bits per heavy atom. The monoisotopic (exact) mass is 140 g/mol.